The van der Waals surface area contributed by atoms with E-state index in [1.165, 1.54) is 0 Å². The highest BCUT2D eigenvalue weighted by Crippen LogP contribution is 2.18. The smallest absolute Gasteiger partial charge is 0.306 e. The van der Waals surface area contributed by atoms with Gasteiger partial charge in [0.1, 0.15) is 5.75 Å². The molecule has 0 radical (unpaired) electrons. The fourth-order valence-corrected chi connectivity index (χ4v) is 2.78. The Hall–Kier alpha value is -2.09. The highest BCUT2D eigenvalue weighted by molar-refractivity contribution is 7.86. The molecule has 26 heavy (non-hydrogen) atoms. The summed E-state index contributed by atoms with van der Waals surface area (Å²) in [6, 6.07) is 6.54. The van der Waals surface area contributed by atoms with E-state index in [1.54, 1.807) is 36.1 Å². The normalized spacial score (nSPS) is 12.3. The Balaban J connectivity index is 2.78. The Morgan fingerprint density at radius 2 is 1.73 bits per heavy atom. The molecule has 0 aliphatic rings. The van der Waals surface area contributed by atoms with Crippen molar-refractivity contribution in [2.75, 3.05) is 12.9 Å². The van der Waals surface area contributed by atoms with Crippen LogP contribution in [0.3, 0.4) is 0 Å². The molecule has 0 fully saturated rings. The van der Waals surface area contributed by atoms with Gasteiger partial charge < -0.3 is 13.8 Å². The minimum atomic E-state index is -3.57. The van der Waals surface area contributed by atoms with Crippen molar-refractivity contribution in [3.05, 3.63) is 29.8 Å². The van der Waals surface area contributed by atoms with Gasteiger partial charge >= 0.3 is 16.1 Å². The number of amides is 1. The molecular weight excluding hydrogens is 358 g/mol. The van der Waals surface area contributed by atoms with E-state index >= 15 is 0 Å². The van der Waals surface area contributed by atoms with Crippen LogP contribution < -0.4 is 4.18 Å². The summed E-state index contributed by atoms with van der Waals surface area (Å²) in [6.07, 6.45) is 1.91. The Bertz CT molecular complexity index is 699. The van der Waals surface area contributed by atoms with E-state index in [2.05, 4.69) is 0 Å². The first kappa shape index (κ1) is 22.0. The monoisotopic (exact) mass is 385 g/mol. The third-order valence-corrected chi connectivity index (χ3v) is 4.31. The van der Waals surface area contributed by atoms with Crippen LogP contribution in [-0.4, -0.2) is 44.1 Å². The average Bonchev–Trinajstić information content (AvgIpc) is 2.57. The predicted molar refractivity (Wildman–Crippen MR) is 98.1 cm³/mol. The Labute approximate surface area is 155 Å². The van der Waals surface area contributed by atoms with Crippen LogP contribution in [0, 0.1) is 0 Å². The summed E-state index contributed by atoms with van der Waals surface area (Å²) in [4.78, 5) is 25.7. The average molecular weight is 385 g/mol. The number of benzene rings is 1. The van der Waals surface area contributed by atoms with E-state index in [9.17, 15) is 18.0 Å². The summed E-state index contributed by atoms with van der Waals surface area (Å²) < 4.78 is 31.9. The summed E-state index contributed by atoms with van der Waals surface area (Å²) >= 11 is 0. The van der Waals surface area contributed by atoms with E-state index < -0.39 is 10.1 Å². The van der Waals surface area contributed by atoms with Gasteiger partial charge in [-0.25, -0.2) is 0 Å². The number of carbonyl (C=O) groups excluding carboxylic acids is 2. The van der Waals surface area contributed by atoms with Gasteiger partial charge in [-0.05, 0) is 38.0 Å². The molecular formula is C18H27NO6S. The lowest BCUT2D eigenvalue weighted by Gasteiger charge is -2.29. The molecule has 0 aliphatic carbocycles. The number of hydrogen-bond donors (Lipinski definition) is 0. The number of hydrogen-bond acceptors (Lipinski definition) is 6. The Morgan fingerprint density at radius 1 is 1.12 bits per heavy atom. The fraction of sp³-hybridized carbons (Fsp3) is 0.556. The van der Waals surface area contributed by atoms with Crippen molar-refractivity contribution in [1.82, 2.24) is 4.90 Å². The van der Waals surface area contributed by atoms with Crippen LogP contribution in [-0.2, 0) is 31.0 Å². The second-order valence-electron chi connectivity index (χ2n) is 6.02. The summed E-state index contributed by atoms with van der Waals surface area (Å²) in [5, 5.41) is 0. The zero-order valence-electron chi connectivity index (χ0n) is 15.7. The lowest BCUT2D eigenvalue weighted by molar-refractivity contribution is -0.146. The molecule has 1 amide bonds. The highest BCUT2D eigenvalue weighted by Gasteiger charge is 2.20. The maximum Gasteiger partial charge on any atom is 0.306 e. The molecule has 0 aliphatic heterocycles. The van der Waals surface area contributed by atoms with Gasteiger partial charge in [0.25, 0.3) is 0 Å². The molecule has 0 aromatic heterocycles. The second-order valence-corrected chi connectivity index (χ2v) is 7.59. The largest absolute Gasteiger partial charge is 0.466 e. The molecule has 1 aromatic carbocycles. The molecule has 146 valence electrons. The van der Waals surface area contributed by atoms with Gasteiger partial charge in [0.15, 0.2) is 0 Å². The molecule has 0 unspecified atom stereocenters. The van der Waals surface area contributed by atoms with Crippen molar-refractivity contribution in [3.8, 4) is 5.75 Å². The standard InChI is InChI=1S/C18H27NO6S/c1-5-14(3)19(17(20)11-12-18(21)24-6-2)13-15-7-9-16(10-8-15)25-26(4,22)23/h7-10,14H,5-6,11-13H2,1-4H3/t14-/m1/s1. The predicted octanol–water partition coefficient (Wildman–Crippen LogP) is 2.50. The lowest BCUT2D eigenvalue weighted by Crippen LogP contribution is -2.38. The van der Waals surface area contributed by atoms with Crippen molar-refractivity contribution >= 4 is 22.0 Å². The van der Waals surface area contributed by atoms with Crippen LogP contribution in [0.2, 0.25) is 0 Å². The number of carbonyl (C=O) groups is 2. The zero-order valence-corrected chi connectivity index (χ0v) is 16.5. The minimum Gasteiger partial charge on any atom is -0.466 e. The maximum absolute atomic E-state index is 12.5. The molecule has 0 spiro atoms. The van der Waals surface area contributed by atoms with E-state index in [4.69, 9.17) is 8.92 Å². The minimum absolute atomic E-state index is 0.0108. The molecule has 0 saturated carbocycles. The first-order chi connectivity index (χ1) is 12.2. The molecule has 1 atom stereocenters. The molecule has 0 bridgehead atoms. The van der Waals surface area contributed by atoms with Gasteiger partial charge in [-0.1, -0.05) is 19.1 Å². The van der Waals surface area contributed by atoms with Crippen LogP contribution in [0.15, 0.2) is 24.3 Å². The van der Waals surface area contributed by atoms with Crippen molar-refractivity contribution in [2.45, 2.75) is 52.6 Å². The number of nitrogens with zero attached hydrogens (tertiary/aromatic N) is 1. The van der Waals surface area contributed by atoms with E-state index in [0.29, 0.717) is 13.2 Å². The van der Waals surface area contributed by atoms with Gasteiger partial charge in [0, 0.05) is 19.0 Å². The highest BCUT2D eigenvalue weighted by atomic mass is 32.2. The second kappa shape index (κ2) is 10.2. The number of ether oxygens (including phenoxy) is 1. The third-order valence-electron chi connectivity index (χ3n) is 3.82. The van der Waals surface area contributed by atoms with Gasteiger partial charge in [0.05, 0.1) is 19.3 Å². The molecule has 0 heterocycles. The van der Waals surface area contributed by atoms with Crippen molar-refractivity contribution < 1.29 is 26.9 Å². The van der Waals surface area contributed by atoms with E-state index in [-0.39, 0.29) is 36.5 Å². The van der Waals surface area contributed by atoms with Gasteiger partial charge in [-0.15, -0.1) is 0 Å². The first-order valence-corrected chi connectivity index (χ1v) is 10.4. The molecule has 1 rings (SSSR count). The molecule has 8 heteroatoms. The first-order valence-electron chi connectivity index (χ1n) is 8.59. The van der Waals surface area contributed by atoms with Crippen LogP contribution in [0.5, 0.6) is 5.75 Å². The number of esters is 1. The molecule has 0 N–H and O–H groups in total. The van der Waals surface area contributed by atoms with Crippen LogP contribution in [0.4, 0.5) is 0 Å². The summed E-state index contributed by atoms with van der Waals surface area (Å²) in [6.45, 7) is 6.32. The topological polar surface area (TPSA) is 90.0 Å². The van der Waals surface area contributed by atoms with Crippen LogP contribution in [0.1, 0.15) is 45.6 Å². The van der Waals surface area contributed by atoms with Crippen molar-refractivity contribution in [1.29, 1.82) is 0 Å². The van der Waals surface area contributed by atoms with Crippen LogP contribution in [0.25, 0.3) is 0 Å². The van der Waals surface area contributed by atoms with E-state index in [1.807, 2.05) is 13.8 Å². The van der Waals surface area contributed by atoms with Gasteiger partial charge in [-0.2, -0.15) is 8.42 Å². The molecule has 7 nitrogen and oxygen atoms in total. The Kier molecular flexibility index (Phi) is 8.57. The third kappa shape index (κ3) is 7.86. The van der Waals surface area contributed by atoms with Crippen molar-refractivity contribution in [3.63, 3.8) is 0 Å². The fourth-order valence-electron chi connectivity index (χ4n) is 2.32. The Morgan fingerprint density at radius 3 is 2.23 bits per heavy atom. The van der Waals surface area contributed by atoms with Gasteiger partial charge in [-0.3, -0.25) is 9.59 Å². The van der Waals surface area contributed by atoms with E-state index in [0.717, 1.165) is 18.2 Å². The summed E-state index contributed by atoms with van der Waals surface area (Å²) in [5.74, 6) is -0.281. The van der Waals surface area contributed by atoms with Crippen molar-refractivity contribution in [2.24, 2.45) is 0 Å². The quantitative estimate of drug-likeness (QED) is 0.454. The summed E-state index contributed by atoms with van der Waals surface area (Å²) in [5.41, 5.74) is 0.843. The molecule has 1 aromatic rings. The van der Waals surface area contributed by atoms with Crippen LogP contribution >= 0.6 is 0 Å². The zero-order chi connectivity index (χ0) is 19.7. The maximum atomic E-state index is 12.5. The SMILES string of the molecule is CCOC(=O)CCC(=O)N(Cc1ccc(OS(C)(=O)=O)cc1)[C@H](C)CC. The van der Waals surface area contributed by atoms with Gasteiger partial charge in [0.2, 0.25) is 5.91 Å². The number of rotatable bonds is 10. The summed E-state index contributed by atoms with van der Waals surface area (Å²) in [7, 11) is -3.57. The molecule has 0 saturated heterocycles. The lowest BCUT2D eigenvalue weighted by atomic mass is 10.1.